The lowest BCUT2D eigenvalue weighted by Crippen LogP contribution is -2.07. The van der Waals surface area contributed by atoms with Gasteiger partial charge in [-0.25, -0.2) is 9.97 Å². The van der Waals surface area contributed by atoms with Gasteiger partial charge in [-0.2, -0.15) is 0 Å². The van der Waals surface area contributed by atoms with Crippen molar-refractivity contribution in [3.05, 3.63) is 131 Å². The first-order valence-electron chi connectivity index (χ1n) is 18.9. The Bertz CT molecular complexity index is 3430. The summed E-state index contributed by atoms with van der Waals surface area (Å²) in [6.07, 6.45) is 4.05. The van der Waals surface area contributed by atoms with Crippen LogP contribution in [-0.4, -0.2) is 48.4 Å². The van der Waals surface area contributed by atoms with E-state index in [0.29, 0.717) is 33.8 Å². The number of H-pyrrole nitrogens is 2. The third-order valence-corrected chi connectivity index (χ3v) is 11.5. The molecule has 7 aromatic rings. The maximum atomic E-state index is 14.9. The van der Waals surface area contributed by atoms with Crippen molar-refractivity contribution < 1.29 is 18.9 Å². The minimum atomic E-state index is -0.0964. The van der Waals surface area contributed by atoms with E-state index in [4.69, 9.17) is 28.9 Å². The predicted molar refractivity (Wildman–Crippen MR) is 233 cm³/mol. The van der Waals surface area contributed by atoms with Gasteiger partial charge in [-0.1, -0.05) is 24.3 Å². The molecule has 0 fully saturated rings. The monoisotopic (exact) mass is 758 g/mol. The molecular formula is C49H34N4O5. The lowest BCUT2D eigenvalue weighted by atomic mass is 9.94. The summed E-state index contributed by atoms with van der Waals surface area (Å²) in [6, 6.07) is 36.0. The van der Waals surface area contributed by atoms with Gasteiger partial charge in [-0.15, -0.1) is 0 Å². The van der Waals surface area contributed by atoms with Crippen LogP contribution in [0, 0.1) is 0 Å². The quantitative estimate of drug-likeness (QED) is 0.174. The second-order valence-corrected chi connectivity index (χ2v) is 14.5. The van der Waals surface area contributed by atoms with E-state index in [-0.39, 0.29) is 5.43 Å². The van der Waals surface area contributed by atoms with E-state index < -0.39 is 0 Å². The molecule has 0 spiro atoms. The van der Waals surface area contributed by atoms with Crippen molar-refractivity contribution in [2.45, 2.75) is 0 Å². The fraction of sp³-hybridized carbons (Fsp3) is 0.0816. The summed E-state index contributed by atoms with van der Waals surface area (Å²) in [7, 11) is 6.63. The summed E-state index contributed by atoms with van der Waals surface area (Å²) in [5.41, 5.74) is 11.2. The van der Waals surface area contributed by atoms with Crippen LogP contribution in [0.1, 0.15) is 11.4 Å². The molecule has 2 aliphatic heterocycles. The van der Waals surface area contributed by atoms with Crippen LogP contribution in [0.5, 0.6) is 23.0 Å². The van der Waals surface area contributed by atoms with Crippen LogP contribution in [0.3, 0.4) is 0 Å². The van der Waals surface area contributed by atoms with E-state index in [0.717, 1.165) is 99.7 Å². The van der Waals surface area contributed by atoms with Crippen LogP contribution in [0.2, 0.25) is 0 Å². The molecule has 0 amide bonds. The van der Waals surface area contributed by atoms with Crippen molar-refractivity contribution in [1.29, 1.82) is 0 Å². The molecular weight excluding hydrogens is 725 g/mol. The molecule has 58 heavy (non-hydrogen) atoms. The first-order chi connectivity index (χ1) is 28.5. The second-order valence-electron chi connectivity index (χ2n) is 14.5. The Balaban J connectivity index is 1.41. The van der Waals surface area contributed by atoms with Gasteiger partial charge in [0.2, 0.25) is 0 Å². The molecule has 8 bridgehead atoms. The lowest BCUT2D eigenvalue weighted by molar-refractivity contribution is 0.415. The molecule has 9 nitrogen and oxygen atoms in total. The predicted octanol–water partition coefficient (Wildman–Crippen LogP) is 10.9. The Morgan fingerprint density at radius 3 is 1.60 bits per heavy atom. The minimum absolute atomic E-state index is 0.0964. The standard InChI is InChI=1S/C49H34N4O5/c1-55-27-9-5-7-25(21-27)41-35-15-16-36(50-35)42(26-8-6-10-28(22-26)56-2)38-18-20-40(52-38)44-34-24-30(58-4)12-14-32(34)49(54)46-45-31-13-11-29(57-3)23-33(31)43(47(45)53-48(44)46)39-19-17-37(41)51-39/h5-24,50-51H,1-4H3. The molecule has 3 aromatic heterocycles. The van der Waals surface area contributed by atoms with Crippen molar-refractivity contribution >= 4 is 66.5 Å². The zero-order valence-corrected chi connectivity index (χ0v) is 32.0. The highest BCUT2D eigenvalue weighted by Gasteiger charge is 2.32. The van der Waals surface area contributed by atoms with Crippen LogP contribution < -0.4 is 24.4 Å². The van der Waals surface area contributed by atoms with E-state index >= 15 is 0 Å². The lowest BCUT2D eigenvalue weighted by Gasteiger charge is -2.10. The summed E-state index contributed by atoms with van der Waals surface area (Å²) in [6.45, 7) is 0. The fourth-order valence-electron chi connectivity index (χ4n) is 8.83. The third-order valence-electron chi connectivity index (χ3n) is 11.5. The van der Waals surface area contributed by atoms with Crippen LogP contribution in [-0.2, 0) is 0 Å². The molecule has 4 aliphatic rings. The van der Waals surface area contributed by atoms with Gasteiger partial charge in [-0.05, 0) is 119 Å². The van der Waals surface area contributed by atoms with Gasteiger partial charge < -0.3 is 28.9 Å². The van der Waals surface area contributed by atoms with E-state index in [2.05, 4.69) is 46.4 Å². The topological polar surface area (TPSA) is 111 Å². The first-order valence-corrected chi connectivity index (χ1v) is 18.9. The van der Waals surface area contributed by atoms with Gasteiger partial charge in [0, 0.05) is 60.3 Å². The van der Waals surface area contributed by atoms with Crippen molar-refractivity contribution in [3.8, 4) is 67.8 Å². The zero-order chi connectivity index (χ0) is 39.2. The Labute approximate surface area is 331 Å². The number of nitrogens with zero attached hydrogens (tertiary/aromatic N) is 2. The molecule has 0 saturated carbocycles. The number of benzene rings is 5. The average Bonchev–Trinajstić information content (AvgIpc) is 4.12. The number of fused-ring (bicyclic) bond motifs is 14. The van der Waals surface area contributed by atoms with E-state index in [1.807, 2.05) is 84.9 Å². The third kappa shape index (κ3) is 4.86. The van der Waals surface area contributed by atoms with Gasteiger partial charge in [0.1, 0.15) is 23.0 Å². The molecule has 0 atom stereocenters. The smallest absolute Gasteiger partial charge is 0.196 e. The summed E-state index contributed by atoms with van der Waals surface area (Å²) in [4.78, 5) is 33.3. The molecule has 2 N–H and O–H groups in total. The van der Waals surface area contributed by atoms with Gasteiger partial charge in [0.05, 0.1) is 56.8 Å². The molecule has 4 aromatic carbocycles. The highest BCUT2D eigenvalue weighted by molar-refractivity contribution is 6.27. The number of hydrogen-bond acceptors (Lipinski definition) is 7. The number of rotatable bonds is 6. The largest absolute Gasteiger partial charge is 0.497 e. The Hall–Kier alpha value is -7.65. The average molecular weight is 759 g/mol. The zero-order valence-electron chi connectivity index (χ0n) is 32.0. The van der Waals surface area contributed by atoms with E-state index in [1.165, 1.54) is 0 Å². The Morgan fingerprint density at radius 1 is 0.431 bits per heavy atom. The van der Waals surface area contributed by atoms with Gasteiger partial charge in [-0.3, -0.25) is 4.79 Å². The number of aromatic amines is 2. The van der Waals surface area contributed by atoms with Crippen LogP contribution in [0.15, 0.2) is 114 Å². The summed E-state index contributed by atoms with van der Waals surface area (Å²) < 4.78 is 22.9. The molecule has 280 valence electrons. The van der Waals surface area contributed by atoms with Gasteiger partial charge in [0.15, 0.2) is 5.43 Å². The molecule has 5 heterocycles. The molecule has 0 unspecified atom stereocenters. The van der Waals surface area contributed by atoms with Crippen molar-refractivity contribution in [2.24, 2.45) is 0 Å². The van der Waals surface area contributed by atoms with Crippen molar-refractivity contribution in [1.82, 2.24) is 19.9 Å². The van der Waals surface area contributed by atoms with Crippen LogP contribution >= 0.6 is 0 Å². The first kappa shape index (κ1) is 33.7. The minimum Gasteiger partial charge on any atom is -0.497 e. The maximum Gasteiger partial charge on any atom is 0.196 e. The molecule has 9 heteroatoms. The van der Waals surface area contributed by atoms with Crippen LogP contribution in [0.4, 0.5) is 0 Å². The van der Waals surface area contributed by atoms with Gasteiger partial charge in [0.25, 0.3) is 0 Å². The Morgan fingerprint density at radius 2 is 0.948 bits per heavy atom. The number of methoxy groups -OCH3 is 4. The van der Waals surface area contributed by atoms with Gasteiger partial charge >= 0.3 is 0 Å². The second kappa shape index (κ2) is 12.7. The van der Waals surface area contributed by atoms with E-state index in [9.17, 15) is 4.79 Å². The Kier molecular flexibility index (Phi) is 7.37. The van der Waals surface area contributed by atoms with E-state index in [1.54, 1.807) is 28.4 Å². The number of hydrogen-bond donors (Lipinski definition) is 2. The van der Waals surface area contributed by atoms with Crippen LogP contribution in [0.25, 0.3) is 111 Å². The highest BCUT2D eigenvalue weighted by Crippen LogP contribution is 2.51. The molecule has 0 radical (unpaired) electrons. The van der Waals surface area contributed by atoms with Crippen molar-refractivity contribution in [2.75, 3.05) is 28.4 Å². The summed E-state index contributed by atoms with van der Waals surface area (Å²) in [5, 5.41) is 4.78. The number of nitrogens with one attached hydrogen (secondary N) is 2. The normalized spacial score (nSPS) is 12.1. The number of aromatic nitrogens is 4. The summed E-state index contributed by atoms with van der Waals surface area (Å²) >= 11 is 0. The SMILES string of the molecule is COc1cccc(-c2c3nc(c4c5nc6c(c7ccc([nH]7)c(-c7cccc(OC)c7)c7ccc2[nH]7)c2cc(OC)ccc2c-6c-5c(=O)c2ccc(OC)cc42)C=C3)c1. The highest BCUT2D eigenvalue weighted by atomic mass is 16.5. The molecule has 0 saturated heterocycles. The fourth-order valence-corrected chi connectivity index (χ4v) is 8.83. The molecule has 11 rings (SSSR count). The maximum absolute atomic E-state index is 14.9. The summed E-state index contributed by atoms with van der Waals surface area (Å²) in [5.74, 6) is 2.81. The van der Waals surface area contributed by atoms with Crippen molar-refractivity contribution in [3.63, 3.8) is 0 Å². The molecule has 2 aliphatic carbocycles. The number of ether oxygens (including phenoxy) is 4.